The molecule has 1 aromatic carbocycles. The van der Waals surface area contributed by atoms with E-state index in [0.29, 0.717) is 5.02 Å². The van der Waals surface area contributed by atoms with Crippen LogP contribution in [0.2, 0.25) is 5.02 Å². The number of carbonyl (C=O) groups excluding carboxylic acids is 1. The summed E-state index contributed by atoms with van der Waals surface area (Å²) in [7, 11) is 0. The molecule has 1 aromatic heterocycles. The van der Waals surface area contributed by atoms with Crippen molar-refractivity contribution in [2.24, 2.45) is 0 Å². The topological polar surface area (TPSA) is 57.8 Å². The fourth-order valence-electron chi connectivity index (χ4n) is 1.49. The molecule has 0 unspecified atom stereocenters. The van der Waals surface area contributed by atoms with Crippen LogP contribution in [-0.4, -0.2) is 16.1 Å². The summed E-state index contributed by atoms with van der Waals surface area (Å²) in [5.74, 6) is -0.0976. The first-order chi connectivity index (χ1) is 8.16. The number of halogens is 1. The molecule has 88 valence electrons. The van der Waals surface area contributed by atoms with E-state index < -0.39 is 0 Å². The van der Waals surface area contributed by atoms with Crippen LogP contribution < -0.4 is 5.32 Å². The molecule has 0 saturated carbocycles. The van der Waals surface area contributed by atoms with E-state index in [1.165, 1.54) is 0 Å². The van der Waals surface area contributed by atoms with E-state index in [4.69, 9.17) is 11.6 Å². The van der Waals surface area contributed by atoms with E-state index in [2.05, 4.69) is 15.5 Å². The lowest BCUT2D eigenvalue weighted by Crippen LogP contribution is -2.15. The SMILES string of the molecule is Cc1c(Cl)cccc1NC(=O)Cc1ccn[nH]1. The highest BCUT2D eigenvalue weighted by Crippen LogP contribution is 2.22. The van der Waals surface area contributed by atoms with Gasteiger partial charge in [0, 0.05) is 22.6 Å². The Kier molecular flexibility index (Phi) is 3.44. The Labute approximate surface area is 104 Å². The summed E-state index contributed by atoms with van der Waals surface area (Å²) in [6, 6.07) is 7.19. The third-order valence-corrected chi connectivity index (χ3v) is 2.86. The fourth-order valence-corrected chi connectivity index (χ4v) is 1.67. The second kappa shape index (κ2) is 5.01. The average Bonchev–Trinajstić information content (AvgIpc) is 2.77. The van der Waals surface area contributed by atoms with Crippen molar-refractivity contribution >= 4 is 23.2 Å². The van der Waals surface area contributed by atoms with E-state index >= 15 is 0 Å². The number of hydrogen-bond acceptors (Lipinski definition) is 2. The summed E-state index contributed by atoms with van der Waals surface area (Å²) < 4.78 is 0. The molecule has 0 saturated heterocycles. The fraction of sp³-hybridized carbons (Fsp3) is 0.167. The van der Waals surface area contributed by atoms with E-state index in [0.717, 1.165) is 16.9 Å². The molecule has 0 aliphatic heterocycles. The number of nitrogens with zero attached hydrogens (tertiary/aromatic N) is 1. The maximum Gasteiger partial charge on any atom is 0.230 e. The van der Waals surface area contributed by atoms with Crippen molar-refractivity contribution < 1.29 is 4.79 Å². The first-order valence-corrected chi connectivity index (χ1v) is 5.58. The van der Waals surface area contributed by atoms with Gasteiger partial charge in [0.2, 0.25) is 5.91 Å². The summed E-state index contributed by atoms with van der Waals surface area (Å²) in [6.45, 7) is 1.87. The van der Waals surface area contributed by atoms with E-state index in [9.17, 15) is 4.79 Å². The number of aromatic amines is 1. The molecule has 17 heavy (non-hydrogen) atoms. The van der Waals surface area contributed by atoms with Crippen LogP contribution in [-0.2, 0) is 11.2 Å². The predicted molar refractivity (Wildman–Crippen MR) is 67.1 cm³/mol. The Morgan fingerprint density at radius 1 is 1.47 bits per heavy atom. The van der Waals surface area contributed by atoms with Crippen molar-refractivity contribution in [3.8, 4) is 0 Å². The third kappa shape index (κ3) is 2.85. The molecular weight excluding hydrogens is 238 g/mol. The van der Waals surface area contributed by atoms with Crippen LogP contribution in [0.15, 0.2) is 30.5 Å². The van der Waals surface area contributed by atoms with Gasteiger partial charge in [0.15, 0.2) is 0 Å². The van der Waals surface area contributed by atoms with E-state index in [-0.39, 0.29) is 12.3 Å². The first kappa shape index (κ1) is 11.7. The Morgan fingerprint density at radius 3 is 3.00 bits per heavy atom. The molecule has 0 aliphatic rings. The van der Waals surface area contributed by atoms with Gasteiger partial charge < -0.3 is 5.32 Å². The van der Waals surface area contributed by atoms with Gasteiger partial charge in [-0.3, -0.25) is 9.89 Å². The van der Waals surface area contributed by atoms with Crippen molar-refractivity contribution in [3.63, 3.8) is 0 Å². The molecule has 1 heterocycles. The van der Waals surface area contributed by atoms with Gasteiger partial charge in [-0.25, -0.2) is 0 Å². The standard InChI is InChI=1S/C12H12ClN3O/c1-8-10(13)3-2-4-11(8)15-12(17)7-9-5-6-14-16-9/h2-6H,7H2,1H3,(H,14,16)(H,15,17). The summed E-state index contributed by atoms with van der Waals surface area (Å²) in [6.07, 6.45) is 1.89. The molecule has 0 fully saturated rings. The second-order valence-electron chi connectivity index (χ2n) is 3.72. The maximum atomic E-state index is 11.7. The summed E-state index contributed by atoms with van der Waals surface area (Å²) in [4.78, 5) is 11.7. The number of nitrogens with one attached hydrogen (secondary N) is 2. The highest BCUT2D eigenvalue weighted by molar-refractivity contribution is 6.31. The van der Waals surface area contributed by atoms with Crippen LogP contribution in [0.4, 0.5) is 5.69 Å². The molecule has 0 aliphatic carbocycles. The molecule has 2 aromatic rings. The van der Waals surface area contributed by atoms with Crippen molar-refractivity contribution in [2.75, 3.05) is 5.32 Å². The van der Waals surface area contributed by atoms with Crippen LogP contribution >= 0.6 is 11.6 Å². The molecular formula is C12H12ClN3O. The Bertz CT molecular complexity index is 523. The zero-order valence-corrected chi connectivity index (χ0v) is 10.1. The van der Waals surface area contributed by atoms with Gasteiger partial charge in [0.05, 0.1) is 6.42 Å². The minimum Gasteiger partial charge on any atom is -0.325 e. The van der Waals surface area contributed by atoms with Crippen LogP contribution in [0.5, 0.6) is 0 Å². The number of aromatic nitrogens is 2. The molecule has 0 atom stereocenters. The van der Waals surface area contributed by atoms with Gasteiger partial charge in [0.1, 0.15) is 0 Å². The minimum absolute atomic E-state index is 0.0976. The van der Waals surface area contributed by atoms with Crippen molar-refractivity contribution in [2.45, 2.75) is 13.3 Å². The van der Waals surface area contributed by atoms with Crippen LogP contribution in [0.3, 0.4) is 0 Å². The van der Waals surface area contributed by atoms with Gasteiger partial charge in [-0.2, -0.15) is 5.10 Å². The monoisotopic (exact) mass is 249 g/mol. The van der Waals surface area contributed by atoms with Gasteiger partial charge in [-0.15, -0.1) is 0 Å². The van der Waals surface area contributed by atoms with Gasteiger partial charge in [-0.05, 0) is 30.7 Å². The minimum atomic E-state index is -0.0976. The van der Waals surface area contributed by atoms with Gasteiger partial charge >= 0.3 is 0 Å². The van der Waals surface area contributed by atoms with Crippen LogP contribution in [0.1, 0.15) is 11.3 Å². The molecule has 2 rings (SSSR count). The zero-order valence-electron chi connectivity index (χ0n) is 9.33. The highest BCUT2D eigenvalue weighted by atomic mass is 35.5. The smallest absolute Gasteiger partial charge is 0.230 e. The second-order valence-corrected chi connectivity index (χ2v) is 4.13. The summed E-state index contributed by atoms with van der Waals surface area (Å²) in [5, 5.41) is 9.99. The molecule has 0 spiro atoms. The van der Waals surface area contributed by atoms with Crippen molar-refractivity contribution in [3.05, 3.63) is 46.7 Å². The predicted octanol–water partition coefficient (Wildman–Crippen LogP) is 2.55. The lowest BCUT2D eigenvalue weighted by molar-refractivity contribution is -0.115. The lowest BCUT2D eigenvalue weighted by atomic mass is 10.2. The molecule has 5 heteroatoms. The molecule has 0 radical (unpaired) electrons. The highest BCUT2D eigenvalue weighted by Gasteiger charge is 2.07. The van der Waals surface area contributed by atoms with Crippen molar-refractivity contribution in [1.29, 1.82) is 0 Å². The summed E-state index contributed by atoms with van der Waals surface area (Å²) >= 11 is 5.97. The average molecular weight is 250 g/mol. The Morgan fingerprint density at radius 2 is 2.29 bits per heavy atom. The Hall–Kier alpha value is -1.81. The summed E-state index contributed by atoms with van der Waals surface area (Å²) in [5.41, 5.74) is 2.39. The first-order valence-electron chi connectivity index (χ1n) is 5.20. The number of amides is 1. The Balaban J connectivity index is 2.06. The number of H-pyrrole nitrogens is 1. The molecule has 4 nitrogen and oxygen atoms in total. The number of anilines is 1. The molecule has 2 N–H and O–H groups in total. The van der Waals surface area contributed by atoms with E-state index in [1.54, 1.807) is 24.4 Å². The van der Waals surface area contributed by atoms with Crippen LogP contribution in [0.25, 0.3) is 0 Å². The molecule has 1 amide bonds. The molecule has 0 bridgehead atoms. The normalized spacial score (nSPS) is 10.2. The number of benzene rings is 1. The zero-order chi connectivity index (χ0) is 12.3. The third-order valence-electron chi connectivity index (χ3n) is 2.45. The van der Waals surface area contributed by atoms with Gasteiger partial charge in [0.25, 0.3) is 0 Å². The van der Waals surface area contributed by atoms with E-state index in [1.807, 2.05) is 13.0 Å². The number of rotatable bonds is 3. The number of hydrogen-bond donors (Lipinski definition) is 2. The quantitative estimate of drug-likeness (QED) is 0.878. The lowest BCUT2D eigenvalue weighted by Gasteiger charge is -2.08. The maximum absolute atomic E-state index is 11.7. The number of carbonyl (C=O) groups is 1. The van der Waals surface area contributed by atoms with Gasteiger partial charge in [-0.1, -0.05) is 17.7 Å². The largest absolute Gasteiger partial charge is 0.325 e. The van der Waals surface area contributed by atoms with Crippen molar-refractivity contribution in [1.82, 2.24) is 10.2 Å². The van der Waals surface area contributed by atoms with Crippen LogP contribution in [0, 0.1) is 6.92 Å².